The first-order valence-corrected chi connectivity index (χ1v) is 4.12. The summed E-state index contributed by atoms with van der Waals surface area (Å²) in [4.78, 5) is 0. The predicted molar refractivity (Wildman–Crippen MR) is 36.9 cm³/mol. The van der Waals surface area contributed by atoms with Gasteiger partial charge in [0.25, 0.3) is 0 Å². The molecule has 0 aliphatic rings. The number of rotatable bonds is 4. The Morgan fingerprint density at radius 3 is 2.89 bits per heavy atom. The van der Waals surface area contributed by atoms with Gasteiger partial charge in [-0.25, -0.2) is 8.93 Å². The lowest BCUT2D eigenvalue weighted by Crippen LogP contribution is -2.19. The van der Waals surface area contributed by atoms with Crippen LogP contribution in [0.3, 0.4) is 0 Å². The van der Waals surface area contributed by atoms with E-state index in [0.29, 0.717) is 5.75 Å². The molecule has 1 atom stereocenters. The van der Waals surface area contributed by atoms with Gasteiger partial charge in [0, 0.05) is 5.75 Å². The lowest BCUT2D eigenvalue weighted by Gasteiger charge is -1.95. The molecule has 0 aliphatic heterocycles. The Bertz CT molecular complexity index is 129. The van der Waals surface area contributed by atoms with Gasteiger partial charge in [-0.2, -0.15) is 5.26 Å². The van der Waals surface area contributed by atoms with Crippen LogP contribution in [0.25, 0.3) is 0 Å². The highest BCUT2D eigenvalue weighted by Crippen LogP contribution is 1.79. The quantitative estimate of drug-likeness (QED) is 0.575. The van der Waals surface area contributed by atoms with Crippen LogP contribution in [0, 0.1) is 11.3 Å². The van der Waals surface area contributed by atoms with Crippen molar-refractivity contribution in [3.63, 3.8) is 0 Å². The normalized spacial score (nSPS) is 12.4. The Labute approximate surface area is 57.7 Å². The Balaban J connectivity index is 3.19. The number of nitrogens with one attached hydrogen (secondary N) is 1. The molecule has 1 N–H and O–H groups in total. The van der Waals surface area contributed by atoms with Gasteiger partial charge in [0.1, 0.15) is 0 Å². The second-order valence-corrected chi connectivity index (χ2v) is 2.92. The van der Waals surface area contributed by atoms with Gasteiger partial charge in [0.15, 0.2) is 0 Å². The molecule has 0 rings (SSSR count). The fourth-order valence-electron chi connectivity index (χ4n) is 0.370. The first-order chi connectivity index (χ1) is 4.31. The zero-order valence-corrected chi connectivity index (χ0v) is 6.20. The van der Waals surface area contributed by atoms with Gasteiger partial charge in [0.2, 0.25) is 0 Å². The lowest BCUT2D eigenvalue weighted by atomic mass is 10.6. The van der Waals surface area contributed by atoms with E-state index in [1.807, 2.05) is 13.0 Å². The van der Waals surface area contributed by atoms with Crippen LogP contribution in [0.5, 0.6) is 0 Å². The highest BCUT2D eigenvalue weighted by Gasteiger charge is 1.92. The van der Waals surface area contributed by atoms with E-state index in [9.17, 15) is 4.21 Å². The van der Waals surface area contributed by atoms with Gasteiger partial charge in [-0.1, -0.05) is 6.92 Å². The van der Waals surface area contributed by atoms with Crippen LogP contribution < -0.4 is 4.72 Å². The monoisotopic (exact) mass is 146 g/mol. The molecule has 0 aliphatic carbocycles. The standard InChI is InChI=1S/C5H10N2OS/c1-2-5-9(8)7-4-3-6/h7H,2,4-5H2,1H3. The smallest absolute Gasteiger partial charge is 0.0954 e. The Morgan fingerprint density at radius 1 is 1.78 bits per heavy atom. The molecular formula is C5H10N2OS. The van der Waals surface area contributed by atoms with Gasteiger partial charge in [-0.05, 0) is 6.42 Å². The maximum absolute atomic E-state index is 10.7. The summed E-state index contributed by atoms with van der Waals surface area (Å²) in [5.74, 6) is 0.627. The molecule has 1 unspecified atom stereocenters. The minimum absolute atomic E-state index is 0.173. The molecule has 52 valence electrons. The summed E-state index contributed by atoms with van der Waals surface area (Å²) in [6.07, 6.45) is 0.880. The number of hydrogen-bond donors (Lipinski definition) is 1. The van der Waals surface area contributed by atoms with Gasteiger partial charge in [0.05, 0.1) is 23.6 Å². The van der Waals surface area contributed by atoms with Gasteiger partial charge < -0.3 is 0 Å². The minimum atomic E-state index is -0.992. The zero-order chi connectivity index (χ0) is 7.11. The SMILES string of the molecule is CCCS(=O)NCC#N. The molecule has 0 radical (unpaired) electrons. The van der Waals surface area contributed by atoms with Crippen molar-refractivity contribution in [2.45, 2.75) is 13.3 Å². The molecule has 0 aromatic carbocycles. The van der Waals surface area contributed by atoms with E-state index >= 15 is 0 Å². The topological polar surface area (TPSA) is 52.9 Å². The molecular weight excluding hydrogens is 136 g/mol. The van der Waals surface area contributed by atoms with Crippen LogP contribution in [0.15, 0.2) is 0 Å². The Morgan fingerprint density at radius 2 is 2.44 bits per heavy atom. The third kappa shape index (κ3) is 5.47. The average molecular weight is 146 g/mol. The molecule has 3 nitrogen and oxygen atoms in total. The van der Waals surface area contributed by atoms with Crippen molar-refractivity contribution in [3.05, 3.63) is 0 Å². The molecule has 4 heteroatoms. The first-order valence-electron chi connectivity index (χ1n) is 2.80. The van der Waals surface area contributed by atoms with Crippen molar-refractivity contribution >= 4 is 11.0 Å². The van der Waals surface area contributed by atoms with E-state index in [1.54, 1.807) is 0 Å². The molecule has 0 saturated carbocycles. The predicted octanol–water partition coefficient (Wildman–Crippen LogP) is 0.173. The van der Waals surface area contributed by atoms with E-state index in [1.165, 1.54) is 0 Å². The number of hydrogen-bond acceptors (Lipinski definition) is 2. The van der Waals surface area contributed by atoms with Gasteiger partial charge in [-0.15, -0.1) is 0 Å². The van der Waals surface area contributed by atoms with Crippen LogP contribution in [-0.4, -0.2) is 16.5 Å². The lowest BCUT2D eigenvalue weighted by molar-refractivity contribution is 0.674. The van der Waals surface area contributed by atoms with E-state index in [2.05, 4.69) is 4.72 Å². The Hall–Kier alpha value is -0.400. The largest absolute Gasteiger partial charge is 0.243 e. The number of nitrogens with zero attached hydrogens (tertiary/aromatic N) is 1. The number of nitriles is 1. The third-order valence-electron chi connectivity index (χ3n) is 0.702. The van der Waals surface area contributed by atoms with Crippen molar-refractivity contribution in [1.82, 2.24) is 4.72 Å². The first kappa shape index (κ1) is 8.60. The van der Waals surface area contributed by atoms with Crippen molar-refractivity contribution in [2.24, 2.45) is 0 Å². The summed E-state index contributed by atoms with van der Waals surface area (Å²) in [5.41, 5.74) is 0. The highest BCUT2D eigenvalue weighted by molar-refractivity contribution is 7.83. The summed E-state index contributed by atoms with van der Waals surface area (Å²) in [5, 5.41) is 8.04. The summed E-state index contributed by atoms with van der Waals surface area (Å²) >= 11 is 0. The second-order valence-electron chi connectivity index (χ2n) is 1.53. The molecule has 0 saturated heterocycles. The van der Waals surface area contributed by atoms with Crippen molar-refractivity contribution in [2.75, 3.05) is 12.3 Å². The van der Waals surface area contributed by atoms with Crippen LogP contribution >= 0.6 is 0 Å². The third-order valence-corrected chi connectivity index (χ3v) is 1.95. The second kappa shape index (κ2) is 5.73. The van der Waals surface area contributed by atoms with Crippen LogP contribution in [0.1, 0.15) is 13.3 Å². The summed E-state index contributed by atoms with van der Waals surface area (Å²) in [6, 6.07) is 1.85. The molecule has 0 fully saturated rings. The summed E-state index contributed by atoms with van der Waals surface area (Å²) < 4.78 is 13.2. The molecule has 0 heterocycles. The molecule has 0 aromatic rings. The summed E-state index contributed by atoms with van der Waals surface area (Å²) in [7, 11) is -0.992. The molecule has 0 bridgehead atoms. The molecule has 0 amide bonds. The van der Waals surface area contributed by atoms with Crippen LogP contribution in [0.4, 0.5) is 0 Å². The molecule has 0 spiro atoms. The van der Waals surface area contributed by atoms with E-state index in [4.69, 9.17) is 5.26 Å². The minimum Gasteiger partial charge on any atom is -0.243 e. The van der Waals surface area contributed by atoms with Gasteiger partial charge in [-0.3, -0.25) is 0 Å². The zero-order valence-electron chi connectivity index (χ0n) is 5.39. The van der Waals surface area contributed by atoms with Crippen molar-refractivity contribution in [1.29, 1.82) is 5.26 Å². The summed E-state index contributed by atoms with van der Waals surface area (Å²) in [6.45, 7) is 2.12. The van der Waals surface area contributed by atoms with Crippen LogP contribution in [0.2, 0.25) is 0 Å². The fraction of sp³-hybridized carbons (Fsp3) is 0.800. The van der Waals surface area contributed by atoms with Crippen LogP contribution in [-0.2, 0) is 11.0 Å². The van der Waals surface area contributed by atoms with E-state index in [-0.39, 0.29) is 6.54 Å². The van der Waals surface area contributed by atoms with E-state index in [0.717, 1.165) is 6.42 Å². The highest BCUT2D eigenvalue weighted by atomic mass is 32.2. The molecule has 0 aromatic heterocycles. The Kier molecular flexibility index (Phi) is 5.48. The fourth-order valence-corrected chi connectivity index (χ4v) is 1.11. The maximum Gasteiger partial charge on any atom is 0.0954 e. The van der Waals surface area contributed by atoms with Gasteiger partial charge >= 0.3 is 0 Å². The maximum atomic E-state index is 10.7. The van der Waals surface area contributed by atoms with Crippen molar-refractivity contribution < 1.29 is 4.21 Å². The van der Waals surface area contributed by atoms with E-state index < -0.39 is 11.0 Å². The average Bonchev–Trinajstić information content (AvgIpc) is 1.85. The molecule has 9 heavy (non-hydrogen) atoms. The van der Waals surface area contributed by atoms with Crippen molar-refractivity contribution in [3.8, 4) is 6.07 Å².